The van der Waals surface area contributed by atoms with E-state index in [-0.39, 0.29) is 42.3 Å². The molecule has 14 heteroatoms. The maximum Gasteiger partial charge on any atom is 0.508 e. The number of ether oxygens (including phenoxy) is 3. The molecule has 4 unspecified atom stereocenters. The third kappa shape index (κ3) is 5.36. The Labute approximate surface area is 281 Å². The van der Waals surface area contributed by atoms with Gasteiger partial charge in [-0.05, 0) is 35.1 Å². The van der Waals surface area contributed by atoms with E-state index in [4.69, 9.17) is 23.3 Å². The van der Waals surface area contributed by atoms with Crippen molar-refractivity contribution in [3.05, 3.63) is 82.8 Å². The van der Waals surface area contributed by atoms with Crippen LogP contribution in [0.3, 0.4) is 0 Å². The third-order valence-corrected chi connectivity index (χ3v) is 9.21. The molecule has 0 radical (unpaired) electrons. The highest BCUT2D eigenvalue weighted by Gasteiger charge is 2.61. The van der Waals surface area contributed by atoms with E-state index in [2.05, 4.69) is 25.7 Å². The third-order valence-electron chi connectivity index (χ3n) is 9.21. The Balaban J connectivity index is 1.43. The zero-order valence-corrected chi connectivity index (χ0v) is 27.6. The summed E-state index contributed by atoms with van der Waals surface area (Å²) in [5.41, 5.74) is 2.70. The van der Waals surface area contributed by atoms with Gasteiger partial charge in [-0.3, -0.25) is 9.59 Å². The number of carbonyl (C=O) groups is 3. The van der Waals surface area contributed by atoms with Crippen molar-refractivity contribution >= 4 is 23.7 Å². The van der Waals surface area contributed by atoms with Gasteiger partial charge in [-0.15, -0.1) is 0 Å². The van der Waals surface area contributed by atoms with Gasteiger partial charge < -0.3 is 44.1 Å². The number of nitrogens with one attached hydrogen (secondary N) is 3. The molecule has 5 atom stereocenters. The van der Waals surface area contributed by atoms with Crippen LogP contribution in [0.4, 0.5) is 10.5 Å². The fourth-order valence-electron chi connectivity index (χ4n) is 6.68. The number of hydrogen-bond acceptors (Lipinski definition) is 12. The van der Waals surface area contributed by atoms with Crippen molar-refractivity contribution in [1.29, 1.82) is 0 Å². The molecular formula is C35H37N5O9. The smallest absolute Gasteiger partial charge is 0.469 e. The number of fused-ring (bicyclic) bond motifs is 4. The lowest BCUT2D eigenvalue weighted by atomic mass is 9.72. The highest BCUT2D eigenvalue weighted by molar-refractivity contribution is 5.90. The summed E-state index contributed by atoms with van der Waals surface area (Å²) in [6.07, 6.45) is -1.32. The number of para-hydroxylation sites is 1. The second-order valence-corrected chi connectivity index (χ2v) is 13.1. The maximum absolute atomic E-state index is 14.0. The molecule has 2 amide bonds. The molecule has 4 N–H and O–H groups in total. The lowest BCUT2D eigenvalue weighted by Gasteiger charge is -2.29. The predicted octanol–water partition coefficient (Wildman–Crippen LogP) is 3.96. The normalized spacial score (nSPS) is 22.5. The summed E-state index contributed by atoms with van der Waals surface area (Å²) in [6, 6.07) is 11.7. The monoisotopic (exact) mass is 671 g/mol. The number of benzene rings is 2. The molecule has 0 aliphatic carbocycles. The van der Waals surface area contributed by atoms with E-state index in [1.54, 1.807) is 13.8 Å². The van der Waals surface area contributed by atoms with Gasteiger partial charge in [0.1, 0.15) is 47.9 Å². The van der Waals surface area contributed by atoms with Crippen LogP contribution in [-0.2, 0) is 37.5 Å². The lowest BCUT2D eigenvalue weighted by molar-refractivity contribution is -0.135. The van der Waals surface area contributed by atoms with Gasteiger partial charge in [0.25, 0.3) is 0 Å². The van der Waals surface area contributed by atoms with Crippen molar-refractivity contribution in [3.8, 4) is 17.3 Å². The van der Waals surface area contributed by atoms with Crippen LogP contribution in [0.5, 0.6) is 5.75 Å². The molecule has 7 rings (SSSR count). The van der Waals surface area contributed by atoms with Crippen LogP contribution in [-0.4, -0.2) is 58.5 Å². The summed E-state index contributed by atoms with van der Waals surface area (Å²) in [7, 11) is 1.21. The fraction of sp³-hybridized carbons (Fsp3) is 0.400. The molecule has 0 saturated heterocycles. The molecule has 2 aromatic heterocycles. The molecule has 1 spiro atoms. The van der Waals surface area contributed by atoms with Gasteiger partial charge in [0.2, 0.25) is 23.6 Å². The summed E-state index contributed by atoms with van der Waals surface area (Å²) in [5, 5.41) is 19.8. The molecule has 4 bridgehead atoms. The van der Waals surface area contributed by atoms with Crippen LogP contribution in [0.25, 0.3) is 11.6 Å². The van der Waals surface area contributed by atoms with Crippen molar-refractivity contribution in [2.75, 3.05) is 12.4 Å². The molecule has 0 saturated carbocycles. The van der Waals surface area contributed by atoms with Crippen LogP contribution in [0.1, 0.15) is 67.8 Å². The van der Waals surface area contributed by atoms with Crippen molar-refractivity contribution in [2.24, 2.45) is 11.8 Å². The van der Waals surface area contributed by atoms with E-state index in [0.717, 1.165) is 22.4 Å². The zero-order chi connectivity index (χ0) is 34.6. The predicted molar refractivity (Wildman–Crippen MR) is 172 cm³/mol. The SMILES string of the molecule is COC(=O)OCc1coc(-c2nc3oc2C24c5ccccc5NC2Oc2ccc(cc24)CC(NC(=O)[C@@H](O)C(C)C)C(=O)NC3C(C)C)n1. The topological polar surface area (TPSA) is 187 Å². The van der Waals surface area contributed by atoms with Crippen molar-refractivity contribution < 1.29 is 42.5 Å². The summed E-state index contributed by atoms with van der Waals surface area (Å²) >= 11 is 0. The van der Waals surface area contributed by atoms with E-state index in [1.165, 1.54) is 13.4 Å². The number of hydrogen-bond donors (Lipinski definition) is 4. The minimum absolute atomic E-state index is 0.104. The number of aliphatic hydroxyl groups excluding tert-OH is 1. The number of amides is 2. The highest BCUT2D eigenvalue weighted by atomic mass is 16.7. The molecule has 3 aliphatic rings. The Kier molecular flexibility index (Phi) is 8.05. The number of anilines is 1. The molecule has 49 heavy (non-hydrogen) atoms. The van der Waals surface area contributed by atoms with E-state index >= 15 is 0 Å². The van der Waals surface area contributed by atoms with Crippen LogP contribution in [0.2, 0.25) is 0 Å². The van der Waals surface area contributed by atoms with E-state index < -0.39 is 47.8 Å². The second kappa shape index (κ2) is 12.3. The van der Waals surface area contributed by atoms with Crippen LogP contribution in [0.15, 0.2) is 57.6 Å². The molecule has 5 heterocycles. The fourth-order valence-corrected chi connectivity index (χ4v) is 6.68. The lowest BCUT2D eigenvalue weighted by Crippen LogP contribution is -2.52. The summed E-state index contributed by atoms with van der Waals surface area (Å²) in [6.45, 7) is 7.08. The molecule has 4 aromatic rings. The maximum atomic E-state index is 14.0. The first-order chi connectivity index (χ1) is 23.5. The Hall–Kier alpha value is -5.37. The quantitative estimate of drug-likeness (QED) is 0.208. The standard InChI is InChI=1S/C35H37N5O9/c1-16(2)25-32-40-26(31-36-19(14-46-31)15-47-34(44)45-5)28(49-32)35-20-8-6-7-9-22(20)38-33(35)48-24-11-10-18(12-21(24)35)13-23(29(42)39-25)37-30(43)27(41)17(3)4/h6-12,14,16-17,23,25,27,33,38,41H,13,15H2,1-5H3,(H,37,43)(H,39,42)/t23?,25?,27-,33?,35?/m0/s1. The zero-order valence-electron chi connectivity index (χ0n) is 27.6. The van der Waals surface area contributed by atoms with Gasteiger partial charge in [0, 0.05) is 17.7 Å². The average molecular weight is 672 g/mol. The summed E-state index contributed by atoms with van der Waals surface area (Å²) < 4.78 is 28.9. The van der Waals surface area contributed by atoms with Gasteiger partial charge >= 0.3 is 6.16 Å². The highest BCUT2D eigenvalue weighted by Crippen LogP contribution is 2.59. The molecule has 256 valence electrons. The first-order valence-electron chi connectivity index (χ1n) is 16.1. The Bertz CT molecular complexity index is 1930. The largest absolute Gasteiger partial charge is 0.508 e. The number of nitrogens with zero attached hydrogens (tertiary/aromatic N) is 2. The van der Waals surface area contributed by atoms with Crippen LogP contribution >= 0.6 is 0 Å². The Morgan fingerprint density at radius 1 is 1.10 bits per heavy atom. The van der Waals surface area contributed by atoms with Crippen LogP contribution < -0.4 is 20.7 Å². The number of oxazole rings is 2. The van der Waals surface area contributed by atoms with E-state index in [0.29, 0.717) is 17.2 Å². The first-order valence-corrected chi connectivity index (χ1v) is 16.1. The molecule has 14 nitrogen and oxygen atoms in total. The molecule has 0 fully saturated rings. The van der Waals surface area contributed by atoms with E-state index in [1.807, 2.05) is 56.3 Å². The minimum atomic E-state index is -1.30. The summed E-state index contributed by atoms with van der Waals surface area (Å²) in [5.74, 6) is -0.414. The van der Waals surface area contributed by atoms with Crippen molar-refractivity contribution in [1.82, 2.24) is 20.6 Å². The number of aliphatic hydroxyl groups is 1. The average Bonchev–Trinajstić information content (AvgIpc) is 3.86. The van der Waals surface area contributed by atoms with Gasteiger partial charge in [0.05, 0.1) is 7.11 Å². The number of aromatic nitrogens is 2. The van der Waals surface area contributed by atoms with Gasteiger partial charge in [-0.25, -0.2) is 14.8 Å². The second-order valence-electron chi connectivity index (χ2n) is 13.1. The van der Waals surface area contributed by atoms with E-state index in [9.17, 15) is 19.5 Å². The van der Waals surface area contributed by atoms with Gasteiger partial charge in [-0.2, -0.15) is 0 Å². The van der Waals surface area contributed by atoms with Crippen LogP contribution in [0, 0.1) is 11.8 Å². The number of carbonyl (C=O) groups excluding carboxylic acids is 3. The minimum Gasteiger partial charge on any atom is -0.469 e. The summed E-state index contributed by atoms with van der Waals surface area (Å²) in [4.78, 5) is 48.2. The first kappa shape index (κ1) is 32.2. The van der Waals surface area contributed by atoms with Gasteiger partial charge in [0.15, 0.2) is 17.7 Å². The Morgan fingerprint density at radius 3 is 2.65 bits per heavy atom. The van der Waals surface area contributed by atoms with Crippen molar-refractivity contribution in [2.45, 2.75) is 70.6 Å². The Morgan fingerprint density at radius 2 is 1.90 bits per heavy atom. The number of methoxy groups -OCH3 is 1. The number of rotatable bonds is 7. The van der Waals surface area contributed by atoms with Crippen molar-refractivity contribution in [3.63, 3.8) is 0 Å². The molecule has 3 aliphatic heterocycles. The molecular weight excluding hydrogens is 634 g/mol. The van der Waals surface area contributed by atoms with Gasteiger partial charge in [-0.1, -0.05) is 58.0 Å². The molecule has 2 aromatic carbocycles.